The third kappa shape index (κ3) is 5.15. The van der Waals surface area contributed by atoms with Gasteiger partial charge < -0.3 is 14.6 Å². The summed E-state index contributed by atoms with van der Waals surface area (Å²) >= 11 is 0. The number of benzene rings is 2. The first-order valence-electron chi connectivity index (χ1n) is 8.64. The smallest absolute Gasteiger partial charge is 0.336 e. The molecule has 0 fully saturated rings. The van der Waals surface area contributed by atoms with Crippen LogP contribution < -0.4 is 4.74 Å². The van der Waals surface area contributed by atoms with Crippen molar-refractivity contribution in [3.05, 3.63) is 94.8 Å². The first-order chi connectivity index (χ1) is 13.1. The minimum absolute atomic E-state index is 0.196. The molecule has 5 heteroatoms. The summed E-state index contributed by atoms with van der Waals surface area (Å²) < 4.78 is 11.5. The van der Waals surface area contributed by atoms with Crippen LogP contribution in [-0.4, -0.2) is 16.1 Å². The number of pyridine rings is 1. The molecule has 0 atom stereocenters. The normalized spacial score (nSPS) is 10.6. The highest BCUT2D eigenvalue weighted by molar-refractivity contribution is 5.91. The molecule has 0 aliphatic rings. The van der Waals surface area contributed by atoms with E-state index in [2.05, 4.69) is 4.98 Å². The minimum Gasteiger partial charge on any atom is -0.489 e. The van der Waals surface area contributed by atoms with Gasteiger partial charge in [0, 0.05) is 11.8 Å². The van der Waals surface area contributed by atoms with Crippen molar-refractivity contribution >= 4 is 5.97 Å². The maximum absolute atomic E-state index is 11.5. The fourth-order valence-corrected chi connectivity index (χ4v) is 2.80. The number of nitrogens with zero attached hydrogens (tertiary/aromatic N) is 1. The van der Waals surface area contributed by atoms with Gasteiger partial charge in [-0.3, -0.25) is 4.98 Å². The van der Waals surface area contributed by atoms with Gasteiger partial charge >= 0.3 is 5.97 Å². The summed E-state index contributed by atoms with van der Waals surface area (Å²) in [5, 5.41) is 9.40. The molecule has 2 aromatic carbocycles. The standard InChI is InChI=1S/C22H21NO4/c1-16-6-4-8-18(21(16)22(24)25)14-27-20-10-5-7-17(12-20)13-26-15-19-9-2-3-11-23-19/h2-12H,13-15H2,1H3,(H,24,25). The molecule has 27 heavy (non-hydrogen) atoms. The summed E-state index contributed by atoms with van der Waals surface area (Å²) in [5.41, 5.74) is 3.53. The predicted octanol–water partition coefficient (Wildman–Crippen LogP) is 4.38. The number of aromatic carboxylic acids is 1. The van der Waals surface area contributed by atoms with Crippen molar-refractivity contribution in [3.63, 3.8) is 0 Å². The van der Waals surface area contributed by atoms with Crippen LogP contribution in [0.4, 0.5) is 0 Å². The average Bonchev–Trinajstić information content (AvgIpc) is 2.67. The summed E-state index contributed by atoms with van der Waals surface area (Å²) in [6.45, 7) is 2.86. The molecule has 5 nitrogen and oxygen atoms in total. The van der Waals surface area contributed by atoms with Crippen LogP contribution in [-0.2, 0) is 24.6 Å². The predicted molar refractivity (Wildman–Crippen MR) is 102 cm³/mol. The molecule has 0 amide bonds. The van der Waals surface area contributed by atoms with Crippen molar-refractivity contribution in [2.24, 2.45) is 0 Å². The van der Waals surface area contributed by atoms with Crippen LogP contribution in [0.1, 0.15) is 32.7 Å². The number of hydrogen-bond acceptors (Lipinski definition) is 4. The maximum Gasteiger partial charge on any atom is 0.336 e. The van der Waals surface area contributed by atoms with Gasteiger partial charge in [-0.15, -0.1) is 0 Å². The highest BCUT2D eigenvalue weighted by Gasteiger charge is 2.13. The lowest BCUT2D eigenvalue weighted by Crippen LogP contribution is -2.08. The first-order valence-corrected chi connectivity index (χ1v) is 8.64. The van der Waals surface area contributed by atoms with Gasteiger partial charge in [0.25, 0.3) is 0 Å². The number of rotatable bonds is 8. The lowest BCUT2D eigenvalue weighted by Gasteiger charge is -2.12. The monoisotopic (exact) mass is 363 g/mol. The van der Waals surface area contributed by atoms with E-state index in [1.54, 1.807) is 25.3 Å². The Morgan fingerprint density at radius 3 is 2.63 bits per heavy atom. The zero-order chi connectivity index (χ0) is 19.1. The topological polar surface area (TPSA) is 68.7 Å². The van der Waals surface area contributed by atoms with Crippen molar-refractivity contribution in [2.45, 2.75) is 26.7 Å². The van der Waals surface area contributed by atoms with Crippen molar-refractivity contribution in [2.75, 3.05) is 0 Å². The molecule has 0 aliphatic carbocycles. The Kier molecular flexibility index (Phi) is 6.18. The van der Waals surface area contributed by atoms with E-state index in [-0.39, 0.29) is 6.61 Å². The summed E-state index contributed by atoms with van der Waals surface area (Å²) in [6.07, 6.45) is 1.74. The van der Waals surface area contributed by atoms with Gasteiger partial charge in [0.2, 0.25) is 0 Å². The van der Waals surface area contributed by atoms with Gasteiger partial charge in [0.05, 0.1) is 24.5 Å². The molecular formula is C22H21NO4. The second-order valence-electron chi connectivity index (χ2n) is 6.16. The van der Waals surface area contributed by atoms with E-state index in [0.29, 0.717) is 30.1 Å². The van der Waals surface area contributed by atoms with Crippen LogP contribution in [0.2, 0.25) is 0 Å². The highest BCUT2D eigenvalue weighted by Crippen LogP contribution is 2.19. The van der Waals surface area contributed by atoms with Crippen LogP contribution in [0, 0.1) is 6.92 Å². The highest BCUT2D eigenvalue weighted by atomic mass is 16.5. The molecule has 0 radical (unpaired) electrons. The van der Waals surface area contributed by atoms with Crippen LogP contribution in [0.15, 0.2) is 66.9 Å². The van der Waals surface area contributed by atoms with E-state index < -0.39 is 5.97 Å². The zero-order valence-electron chi connectivity index (χ0n) is 15.1. The van der Waals surface area contributed by atoms with E-state index >= 15 is 0 Å². The number of carbonyl (C=O) groups is 1. The lowest BCUT2D eigenvalue weighted by atomic mass is 10.0. The minimum atomic E-state index is -0.941. The van der Waals surface area contributed by atoms with Crippen molar-refractivity contribution in [1.29, 1.82) is 0 Å². The molecule has 0 spiro atoms. The van der Waals surface area contributed by atoms with E-state index in [0.717, 1.165) is 16.8 Å². The van der Waals surface area contributed by atoms with Gasteiger partial charge in [-0.25, -0.2) is 4.79 Å². The molecule has 3 rings (SSSR count). The van der Waals surface area contributed by atoms with Crippen LogP contribution in [0.5, 0.6) is 5.75 Å². The van der Waals surface area contributed by atoms with Gasteiger partial charge in [0.15, 0.2) is 0 Å². The number of ether oxygens (including phenoxy) is 2. The van der Waals surface area contributed by atoms with E-state index in [9.17, 15) is 9.90 Å². The molecule has 0 saturated carbocycles. The molecule has 1 aromatic heterocycles. The Hall–Kier alpha value is -3.18. The van der Waals surface area contributed by atoms with Crippen molar-refractivity contribution in [3.8, 4) is 5.75 Å². The molecule has 1 N–H and O–H groups in total. The fraction of sp³-hybridized carbons (Fsp3) is 0.182. The molecule has 0 unspecified atom stereocenters. The van der Waals surface area contributed by atoms with Crippen molar-refractivity contribution in [1.82, 2.24) is 4.98 Å². The summed E-state index contributed by atoms with van der Waals surface area (Å²) in [7, 11) is 0. The van der Waals surface area contributed by atoms with Gasteiger partial charge in [0.1, 0.15) is 12.4 Å². The first kappa shape index (κ1) is 18.6. The largest absolute Gasteiger partial charge is 0.489 e. The number of aromatic nitrogens is 1. The SMILES string of the molecule is Cc1cccc(COc2cccc(COCc3ccccn3)c2)c1C(=O)O. The van der Waals surface area contributed by atoms with Crippen LogP contribution in [0.3, 0.4) is 0 Å². The van der Waals surface area contributed by atoms with Gasteiger partial charge in [-0.1, -0.05) is 36.4 Å². The third-order valence-corrected chi connectivity index (χ3v) is 4.11. The Morgan fingerprint density at radius 1 is 1.00 bits per heavy atom. The Morgan fingerprint density at radius 2 is 1.85 bits per heavy atom. The van der Waals surface area contributed by atoms with E-state index in [4.69, 9.17) is 9.47 Å². The Balaban J connectivity index is 1.60. The second-order valence-corrected chi connectivity index (χ2v) is 6.16. The molecular weight excluding hydrogens is 342 g/mol. The summed E-state index contributed by atoms with van der Waals surface area (Å²) in [4.78, 5) is 15.7. The lowest BCUT2D eigenvalue weighted by molar-refractivity contribution is 0.0693. The van der Waals surface area contributed by atoms with Gasteiger partial charge in [-0.2, -0.15) is 0 Å². The Bertz CT molecular complexity index is 909. The number of carboxylic acids is 1. The van der Waals surface area contributed by atoms with Crippen LogP contribution >= 0.6 is 0 Å². The molecule has 3 aromatic rings. The molecule has 0 aliphatic heterocycles. The summed E-state index contributed by atoms with van der Waals surface area (Å²) in [6, 6.07) is 18.7. The molecule has 0 bridgehead atoms. The number of aryl methyl sites for hydroxylation is 1. The van der Waals surface area contributed by atoms with Crippen LogP contribution in [0.25, 0.3) is 0 Å². The second kappa shape index (κ2) is 8.96. The van der Waals surface area contributed by atoms with Crippen molar-refractivity contribution < 1.29 is 19.4 Å². The number of hydrogen-bond donors (Lipinski definition) is 1. The number of carboxylic acid groups (broad SMARTS) is 1. The zero-order valence-corrected chi connectivity index (χ0v) is 15.1. The molecule has 0 saturated heterocycles. The average molecular weight is 363 g/mol. The third-order valence-electron chi connectivity index (χ3n) is 4.11. The fourth-order valence-electron chi connectivity index (χ4n) is 2.80. The van der Waals surface area contributed by atoms with Gasteiger partial charge in [-0.05, 0) is 42.3 Å². The molecule has 138 valence electrons. The Labute approximate surface area is 158 Å². The van der Waals surface area contributed by atoms with E-state index in [1.807, 2.05) is 48.5 Å². The van der Waals surface area contributed by atoms with E-state index in [1.165, 1.54) is 0 Å². The molecule has 1 heterocycles. The summed E-state index contributed by atoms with van der Waals surface area (Å²) in [5.74, 6) is -0.268. The maximum atomic E-state index is 11.5. The quantitative estimate of drug-likeness (QED) is 0.643.